The van der Waals surface area contributed by atoms with Gasteiger partial charge in [-0.05, 0) is 12.1 Å². The molecule has 2 heterocycles. The summed E-state index contributed by atoms with van der Waals surface area (Å²) in [4.78, 5) is 17.4. The quantitative estimate of drug-likeness (QED) is 0.783. The lowest BCUT2D eigenvalue weighted by molar-refractivity contribution is -0.142. The van der Waals surface area contributed by atoms with Crippen molar-refractivity contribution in [3.63, 3.8) is 0 Å². The van der Waals surface area contributed by atoms with E-state index in [4.69, 9.17) is 5.11 Å². The second-order valence-corrected chi connectivity index (χ2v) is 4.30. The molecule has 1 fully saturated rings. The Morgan fingerprint density at radius 2 is 2.47 bits per heavy atom. The maximum atomic E-state index is 11.0. The Labute approximate surface area is 100 Å². The highest BCUT2D eigenvalue weighted by atomic mass is 16.4. The van der Waals surface area contributed by atoms with Crippen LogP contribution in [0, 0.1) is 5.92 Å². The van der Waals surface area contributed by atoms with Gasteiger partial charge in [0.05, 0.1) is 11.6 Å². The van der Waals surface area contributed by atoms with E-state index in [9.17, 15) is 4.79 Å². The van der Waals surface area contributed by atoms with E-state index in [1.807, 2.05) is 18.2 Å². The lowest BCUT2D eigenvalue weighted by Gasteiger charge is -2.21. The van der Waals surface area contributed by atoms with Crippen LogP contribution in [0.3, 0.4) is 0 Å². The van der Waals surface area contributed by atoms with Crippen LogP contribution >= 0.6 is 0 Å². The van der Waals surface area contributed by atoms with Crippen molar-refractivity contribution < 1.29 is 9.90 Å². The number of carboxylic acids is 1. The highest BCUT2D eigenvalue weighted by molar-refractivity contribution is 5.70. The number of pyridine rings is 1. The summed E-state index contributed by atoms with van der Waals surface area (Å²) in [7, 11) is 0. The van der Waals surface area contributed by atoms with Crippen LogP contribution in [0.1, 0.15) is 5.69 Å². The van der Waals surface area contributed by atoms with Gasteiger partial charge in [-0.1, -0.05) is 6.07 Å². The average molecular weight is 235 g/mol. The molecule has 5 nitrogen and oxygen atoms in total. The molecule has 2 N–H and O–H groups in total. The normalized spacial score (nSPS) is 22.0. The Morgan fingerprint density at radius 1 is 1.59 bits per heavy atom. The molecule has 1 aliphatic heterocycles. The lowest BCUT2D eigenvalue weighted by Crippen LogP contribution is -2.33. The number of hydrogen-bond acceptors (Lipinski definition) is 4. The maximum Gasteiger partial charge on any atom is 0.309 e. The molecule has 1 unspecified atom stereocenters. The highest BCUT2D eigenvalue weighted by Crippen LogP contribution is 2.07. The monoisotopic (exact) mass is 235 g/mol. The standard InChI is InChI=1S/C12H17N3O2/c16-12(17)10-7-13-5-6-15(8-10)9-11-3-1-2-4-14-11/h1-4,10,13H,5-9H2,(H,16,17). The molecule has 0 saturated carbocycles. The van der Waals surface area contributed by atoms with Gasteiger partial charge in [-0.15, -0.1) is 0 Å². The van der Waals surface area contributed by atoms with Crippen molar-refractivity contribution in [1.29, 1.82) is 0 Å². The van der Waals surface area contributed by atoms with Gasteiger partial charge in [0, 0.05) is 38.9 Å². The zero-order valence-electron chi connectivity index (χ0n) is 9.67. The topological polar surface area (TPSA) is 65.5 Å². The van der Waals surface area contributed by atoms with Gasteiger partial charge in [0.25, 0.3) is 0 Å². The average Bonchev–Trinajstić information content (AvgIpc) is 2.56. The minimum Gasteiger partial charge on any atom is -0.481 e. The number of rotatable bonds is 3. The van der Waals surface area contributed by atoms with Crippen molar-refractivity contribution >= 4 is 5.97 Å². The molecule has 0 spiro atoms. The molecule has 92 valence electrons. The smallest absolute Gasteiger partial charge is 0.309 e. The molecule has 17 heavy (non-hydrogen) atoms. The molecule has 1 aromatic rings. The number of carbonyl (C=O) groups is 1. The first-order valence-corrected chi connectivity index (χ1v) is 5.81. The van der Waals surface area contributed by atoms with Crippen LogP contribution in [0.5, 0.6) is 0 Å². The molecular formula is C12H17N3O2. The Morgan fingerprint density at radius 3 is 3.18 bits per heavy atom. The van der Waals surface area contributed by atoms with Crippen molar-refractivity contribution in [3.8, 4) is 0 Å². The van der Waals surface area contributed by atoms with Crippen LogP contribution in [-0.2, 0) is 11.3 Å². The minimum absolute atomic E-state index is 0.332. The van der Waals surface area contributed by atoms with E-state index >= 15 is 0 Å². The summed E-state index contributed by atoms with van der Waals surface area (Å²) in [5.41, 5.74) is 0.985. The van der Waals surface area contributed by atoms with Crippen LogP contribution in [0.4, 0.5) is 0 Å². The summed E-state index contributed by atoms with van der Waals surface area (Å²) < 4.78 is 0. The molecule has 1 atom stereocenters. The summed E-state index contributed by atoms with van der Waals surface area (Å²) >= 11 is 0. The highest BCUT2D eigenvalue weighted by Gasteiger charge is 2.23. The van der Waals surface area contributed by atoms with Gasteiger partial charge < -0.3 is 10.4 Å². The fourth-order valence-corrected chi connectivity index (χ4v) is 2.01. The third kappa shape index (κ3) is 3.51. The van der Waals surface area contributed by atoms with Gasteiger partial charge in [-0.25, -0.2) is 0 Å². The molecule has 0 radical (unpaired) electrons. The first kappa shape index (κ1) is 12.0. The summed E-state index contributed by atoms with van der Waals surface area (Å²) in [5, 5.41) is 12.2. The molecule has 0 amide bonds. The van der Waals surface area contributed by atoms with Crippen LogP contribution in [0.25, 0.3) is 0 Å². The molecule has 0 aliphatic carbocycles. The summed E-state index contributed by atoms with van der Waals surface area (Å²) in [6.07, 6.45) is 1.76. The number of aromatic nitrogens is 1. The SMILES string of the molecule is O=C(O)C1CNCCN(Cc2ccccn2)C1. The molecular weight excluding hydrogens is 218 g/mol. The third-order valence-corrected chi connectivity index (χ3v) is 2.94. The van der Waals surface area contributed by atoms with E-state index in [1.165, 1.54) is 0 Å². The first-order chi connectivity index (χ1) is 8.25. The second kappa shape index (κ2) is 5.75. The molecule has 0 bridgehead atoms. The van der Waals surface area contributed by atoms with Crippen LogP contribution < -0.4 is 5.32 Å². The van der Waals surface area contributed by atoms with Gasteiger partial charge in [0.15, 0.2) is 0 Å². The second-order valence-electron chi connectivity index (χ2n) is 4.30. The van der Waals surface area contributed by atoms with E-state index in [0.717, 1.165) is 18.8 Å². The van der Waals surface area contributed by atoms with E-state index < -0.39 is 5.97 Å². The first-order valence-electron chi connectivity index (χ1n) is 5.81. The van der Waals surface area contributed by atoms with E-state index in [0.29, 0.717) is 19.6 Å². The predicted octanol–water partition coefficient (Wildman–Crippen LogP) is 0.188. The largest absolute Gasteiger partial charge is 0.481 e. The van der Waals surface area contributed by atoms with Crippen LogP contribution in [-0.4, -0.2) is 47.1 Å². The lowest BCUT2D eigenvalue weighted by atomic mass is 10.1. The van der Waals surface area contributed by atoms with Crippen molar-refractivity contribution in [1.82, 2.24) is 15.2 Å². The number of hydrogen-bond donors (Lipinski definition) is 2. The van der Waals surface area contributed by atoms with E-state index in [2.05, 4.69) is 15.2 Å². The molecule has 2 rings (SSSR count). The van der Waals surface area contributed by atoms with Gasteiger partial charge in [-0.2, -0.15) is 0 Å². The van der Waals surface area contributed by atoms with Crippen LogP contribution in [0.15, 0.2) is 24.4 Å². The van der Waals surface area contributed by atoms with Gasteiger partial charge in [0.2, 0.25) is 0 Å². The Bertz CT molecular complexity index is 369. The zero-order valence-corrected chi connectivity index (χ0v) is 9.67. The van der Waals surface area contributed by atoms with Crippen molar-refractivity contribution in [2.75, 3.05) is 26.2 Å². The zero-order chi connectivity index (χ0) is 12.1. The molecule has 0 aromatic carbocycles. The molecule has 5 heteroatoms. The predicted molar refractivity (Wildman–Crippen MR) is 63.5 cm³/mol. The fraction of sp³-hybridized carbons (Fsp3) is 0.500. The van der Waals surface area contributed by atoms with Gasteiger partial charge >= 0.3 is 5.97 Å². The minimum atomic E-state index is -0.731. The van der Waals surface area contributed by atoms with Crippen molar-refractivity contribution in [2.45, 2.75) is 6.54 Å². The third-order valence-electron chi connectivity index (χ3n) is 2.94. The number of aliphatic carboxylic acids is 1. The van der Waals surface area contributed by atoms with Gasteiger partial charge in [0.1, 0.15) is 0 Å². The summed E-state index contributed by atoms with van der Waals surface area (Å²) in [5.74, 6) is -1.06. The number of carboxylic acid groups (broad SMARTS) is 1. The van der Waals surface area contributed by atoms with Gasteiger partial charge in [-0.3, -0.25) is 14.7 Å². The Kier molecular flexibility index (Phi) is 4.06. The van der Waals surface area contributed by atoms with Crippen LogP contribution in [0.2, 0.25) is 0 Å². The van der Waals surface area contributed by atoms with Crippen molar-refractivity contribution in [2.24, 2.45) is 5.92 Å². The molecule has 1 aromatic heterocycles. The maximum absolute atomic E-state index is 11.0. The number of nitrogens with zero attached hydrogens (tertiary/aromatic N) is 2. The summed E-state index contributed by atoms with van der Waals surface area (Å²) in [6, 6.07) is 5.80. The Hall–Kier alpha value is -1.46. The fourth-order valence-electron chi connectivity index (χ4n) is 2.01. The molecule has 1 saturated heterocycles. The number of nitrogens with one attached hydrogen (secondary N) is 1. The summed E-state index contributed by atoms with van der Waals surface area (Å²) in [6.45, 7) is 3.54. The van der Waals surface area contributed by atoms with E-state index in [1.54, 1.807) is 6.20 Å². The molecule has 1 aliphatic rings. The van der Waals surface area contributed by atoms with E-state index in [-0.39, 0.29) is 5.92 Å². The van der Waals surface area contributed by atoms with Crippen molar-refractivity contribution in [3.05, 3.63) is 30.1 Å². The Balaban J connectivity index is 1.97.